The van der Waals surface area contributed by atoms with Crippen molar-refractivity contribution in [3.8, 4) is 11.6 Å². The summed E-state index contributed by atoms with van der Waals surface area (Å²) < 4.78 is 72.8. The highest BCUT2D eigenvalue weighted by Gasteiger charge is 2.25. The Bertz CT molecular complexity index is 747. The Balaban J connectivity index is 0.000000763. The van der Waals surface area contributed by atoms with Gasteiger partial charge < -0.3 is 13.5 Å². The lowest BCUT2D eigenvalue weighted by Gasteiger charge is -2.08. The predicted molar refractivity (Wildman–Crippen MR) is 65.3 cm³/mol. The van der Waals surface area contributed by atoms with Crippen LogP contribution in [0.3, 0.4) is 0 Å². The van der Waals surface area contributed by atoms with Crippen LogP contribution in [0.15, 0.2) is 12.3 Å². The van der Waals surface area contributed by atoms with E-state index in [0.29, 0.717) is 0 Å². The molecule has 1 aromatic heterocycles. The molecule has 22 heavy (non-hydrogen) atoms. The second-order valence-corrected chi connectivity index (χ2v) is 5.25. The third-order valence-corrected chi connectivity index (χ3v) is 2.15. The summed E-state index contributed by atoms with van der Waals surface area (Å²) in [5.74, 6) is -0.569. The second kappa shape index (κ2) is 7.27. The zero-order valence-electron chi connectivity index (χ0n) is 10.9. The number of aromatic nitrogens is 1. The van der Waals surface area contributed by atoms with E-state index in [1.165, 1.54) is 18.7 Å². The number of methoxy groups -OCH3 is 1. The maximum Gasteiger partial charge on any atom is 0.394 e. The highest BCUT2D eigenvalue weighted by atomic mass is 32.3. The Hall–Kier alpha value is -2.07. The molecule has 1 heterocycles. The average Bonchev–Trinajstić information content (AvgIpc) is 2.24. The van der Waals surface area contributed by atoms with Crippen molar-refractivity contribution in [2.24, 2.45) is 7.05 Å². The molecule has 0 fully saturated rings. The maximum absolute atomic E-state index is 10.7. The molecular weight excluding hydrogens is 352 g/mol. The SMILES string of the molecule is COc1cc([N+](=O)[O-])c(OS(=O)(=O)[O-])c[n+]1C.O=S(=O)(O)O. The van der Waals surface area contributed by atoms with Crippen molar-refractivity contribution >= 4 is 26.5 Å². The monoisotopic (exact) mass is 362 g/mol. The van der Waals surface area contributed by atoms with Crippen molar-refractivity contribution < 1.29 is 48.9 Å². The van der Waals surface area contributed by atoms with E-state index in [9.17, 15) is 23.1 Å². The number of ether oxygens (including phenoxy) is 1. The van der Waals surface area contributed by atoms with Gasteiger partial charge in [0.25, 0.3) is 16.1 Å². The van der Waals surface area contributed by atoms with E-state index in [-0.39, 0.29) is 5.88 Å². The van der Waals surface area contributed by atoms with Gasteiger partial charge in [-0.15, -0.1) is 0 Å². The first-order valence-electron chi connectivity index (χ1n) is 4.82. The van der Waals surface area contributed by atoms with Gasteiger partial charge in [-0.1, -0.05) is 0 Å². The largest absolute Gasteiger partial charge is 0.716 e. The van der Waals surface area contributed by atoms with Crippen LogP contribution in [0.1, 0.15) is 0 Å². The van der Waals surface area contributed by atoms with Crippen LogP contribution in [0.5, 0.6) is 11.6 Å². The summed E-state index contributed by atoms with van der Waals surface area (Å²) in [6.45, 7) is 0. The second-order valence-electron chi connectivity index (χ2n) is 3.37. The highest BCUT2D eigenvalue weighted by Crippen LogP contribution is 2.28. The lowest BCUT2D eigenvalue weighted by molar-refractivity contribution is -0.677. The fourth-order valence-corrected chi connectivity index (χ4v) is 1.46. The fourth-order valence-electron chi connectivity index (χ4n) is 1.12. The molecule has 2 N–H and O–H groups in total. The van der Waals surface area contributed by atoms with E-state index in [2.05, 4.69) is 4.18 Å². The summed E-state index contributed by atoms with van der Waals surface area (Å²) >= 11 is 0. The molecule has 0 spiro atoms. The van der Waals surface area contributed by atoms with E-state index in [1.54, 1.807) is 0 Å². The molecule has 126 valence electrons. The van der Waals surface area contributed by atoms with Gasteiger partial charge in [-0.3, -0.25) is 19.2 Å². The Kier molecular flexibility index (Phi) is 6.59. The first-order chi connectivity index (χ1) is 9.74. The third kappa shape index (κ3) is 8.27. The Morgan fingerprint density at radius 1 is 1.27 bits per heavy atom. The normalized spacial score (nSPS) is 11.1. The summed E-state index contributed by atoms with van der Waals surface area (Å²) in [5.41, 5.74) is -0.681. The minimum Gasteiger partial charge on any atom is -0.716 e. The summed E-state index contributed by atoms with van der Waals surface area (Å²) in [6, 6.07) is 0.945. The van der Waals surface area contributed by atoms with Crippen molar-refractivity contribution in [1.82, 2.24) is 0 Å². The number of rotatable bonds is 4. The molecule has 0 radical (unpaired) electrons. The molecule has 15 heteroatoms. The zero-order valence-corrected chi connectivity index (χ0v) is 12.6. The van der Waals surface area contributed by atoms with Gasteiger partial charge in [0.2, 0.25) is 6.20 Å². The van der Waals surface area contributed by atoms with Gasteiger partial charge in [-0.05, 0) is 0 Å². The quantitative estimate of drug-likeness (QED) is 0.210. The zero-order chi connectivity index (χ0) is 17.7. The molecule has 1 aromatic rings. The number of aryl methyl sites for hydroxylation is 1. The Morgan fingerprint density at radius 2 is 1.73 bits per heavy atom. The number of nitrogens with zero attached hydrogens (tertiary/aromatic N) is 2. The van der Waals surface area contributed by atoms with Crippen LogP contribution in [-0.2, 0) is 27.8 Å². The van der Waals surface area contributed by atoms with Crippen molar-refractivity contribution in [3.63, 3.8) is 0 Å². The molecule has 0 amide bonds. The molecule has 0 saturated carbocycles. The summed E-state index contributed by atoms with van der Waals surface area (Å²) in [6.07, 6.45) is 0.965. The molecule has 0 bridgehead atoms. The summed E-state index contributed by atoms with van der Waals surface area (Å²) in [5, 5.41) is 10.7. The molecule has 0 saturated heterocycles. The van der Waals surface area contributed by atoms with Gasteiger partial charge in [0, 0.05) is 0 Å². The molecule has 0 aromatic carbocycles. The van der Waals surface area contributed by atoms with Gasteiger partial charge in [0.1, 0.15) is 13.1 Å². The van der Waals surface area contributed by atoms with Gasteiger partial charge in [0.05, 0.1) is 12.0 Å². The van der Waals surface area contributed by atoms with E-state index in [0.717, 1.165) is 12.3 Å². The number of nitro groups is 1. The van der Waals surface area contributed by atoms with Gasteiger partial charge in [-0.25, -0.2) is 8.42 Å². The molecular formula is C7H10N2O11S2. The molecule has 0 aliphatic heterocycles. The van der Waals surface area contributed by atoms with Crippen molar-refractivity contribution in [3.05, 3.63) is 22.4 Å². The van der Waals surface area contributed by atoms with Crippen LogP contribution in [-0.4, -0.2) is 42.5 Å². The minimum absolute atomic E-state index is 0.104. The third-order valence-electron chi connectivity index (χ3n) is 1.77. The van der Waals surface area contributed by atoms with Crippen LogP contribution in [0.4, 0.5) is 5.69 Å². The Labute approximate surface area is 124 Å². The summed E-state index contributed by atoms with van der Waals surface area (Å²) in [7, 11) is -7.03. The minimum atomic E-state index is -5.08. The molecule has 0 aliphatic carbocycles. The van der Waals surface area contributed by atoms with Crippen molar-refractivity contribution in [2.45, 2.75) is 0 Å². The van der Waals surface area contributed by atoms with Crippen LogP contribution < -0.4 is 13.5 Å². The van der Waals surface area contributed by atoms with Gasteiger partial charge in [-0.2, -0.15) is 13.0 Å². The van der Waals surface area contributed by atoms with Gasteiger partial charge in [0.15, 0.2) is 0 Å². The van der Waals surface area contributed by atoms with E-state index in [4.69, 9.17) is 22.3 Å². The lowest BCUT2D eigenvalue weighted by Crippen LogP contribution is -2.30. The van der Waals surface area contributed by atoms with Crippen LogP contribution >= 0.6 is 0 Å². The standard InChI is InChI=1S/C7H8N2O7S.H2O4S/c1-8-4-6(16-17(12,13)14)5(9(10)11)3-7(8)15-2;1-5(2,3)4/h3-4H,1-2H3;(H2,1,2,3,4). The first-order valence-corrected chi connectivity index (χ1v) is 7.55. The fraction of sp³-hybridized carbons (Fsp3) is 0.286. The molecule has 0 unspecified atom stereocenters. The predicted octanol–water partition coefficient (Wildman–Crippen LogP) is -1.39. The molecule has 13 nitrogen and oxygen atoms in total. The van der Waals surface area contributed by atoms with E-state index in [1.807, 2.05) is 0 Å². The van der Waals surface area contributed by atoms with Crippen LogP contribution in [0.2, 0.25) is 0 Å². The average molecular weight is 362 g/mol. The van der Waals surface area contributed by atoms with Crippen LogP contribution in [0.25, 0.3) is 0 Å². The molecule has 1 rings (SSSR count). The summed E-state index contributed by atoms with van der Waals surface area (Å²) in [4.78, 5) is 9.77. The van der Waals surface area contributed by atoms with Crippen LogP contribution in [0, 0.1) is 10.1 Å². The number of hydrogen-bond donors (Lipinski definition) is 2. The van der Waals surface area contributed by atoms with E-state index >= 15 is 0 Å². The lowest BCUT2D eigenvalue weighted by atomic mass is 10.4. The van der Waals surface area contributed by atoms with Crippen molar-refractivity contribution in [2.75, 3.05) is 7.11 Å². The van der Waals surface area contributed by atoms with Gasteiger partial charge >= 0.3 is 22.0 Å². The van der Waals surface area contributed by atoms with Crippen molar-refractivity contribution in [1.29, 1.82) is 0 Å². The maximum atomic E-state index is 10.7. The molecule has 0 aliphatic rings. The highest BCUT2D eigenvalue weighted by molar-refractivity contribution is 7.81. The number of hydrogen-bond acceptors (Lipinski definition) is 9. The number of pyridine rings is 1. The first kappa shape index (κ1) is 19.9. The smallest absolute Gasteiger partial charge is 0.394 e. The molecule has 0 atom stereocenters. The topological polar surface area (TPSA) is 197 Å². The van der Waals surface area contributed by atoms with E-state index < -0.39 is 37.2 Å². The Morgan fingerprint density at radius 3 is 2.05 bits per heavy atom.